The van der Waals surface area contributed by atoms with Crippen LogP contribution in [0.15, 0.2) is 60.7 Å². The van der Waals surface area contributed by atoms with E-state index in [-0.39, 0.29) is 11.6 Å². The van der Waals surface area contributed by atoms with E-state index in [1.165, 1.54) is 0 Å². The SMILES string of the molecule is CC(C)(C)OC(=O)[C@@H](COc1ccc(-c2cc(COCc3ccccc3)[nH]n2)cc1)O[Si](C)(C)C(C)(C)C. The first kappa shape index (κ1) is 29.6. The second-order valence-corrected chi connectivity index (χ2v) is 16.7. The number of hydrogen-bond donors (Lipinski definition) is 1. The van der Waals surface area contributed by atoms with Crippen LogP contribution >= 0.6 is 0 Å². The standard InChI is InChI=1S/C30H42N2O5Si/c1-29(2,3)36-28(33)27(37-38(7,8)30(4,5)6)21-35-25-16-14-23(15-17-25)26-18-24(31-32-26)20-34-19-22-12-10-9-11-13-22/h9-18,27H,19-21H2,1-8H3,(H,31,32)/t27-/m1/s1. The molecule has 0 bridgehead atoms. The highest BCUT2D eigenvalue weighted by atomic mass is 28.4. The van der Waals surface area contributed by atoms with Crippen LogP contribution in [0.1, 0.15) is 52.8 Å². The Bertz CT molecular complexity index is 1160. The fourth-order valence-corrected chi connectivity index (χ4v) is 4.61. The molecule has 1 atom stereocenters. The lowest BCUT2D eigenvalue weighted by Crippen LogP contribution is -2.49. The zero-order valence-electron chi connectivity index (χ0n) is 24.0. The van der Waals surface area contributed by atoms with E-state index in [0.717, 1.165) is 22.5 Å². The lowest BCUT2D eigenvalue weighted by molar-refractivity contribution is -0.165. The number of carbonyl (C=O) groups is 1. The van der Waals surface area contributed by atoms with Crippen LogP contribution in [0.2, 0.25) is 18.1 Å². The number of benzene rings is 2. The molecule has 3 rings (SSSR count). The van der Waals surface area contributed by atoms with Gasteiger partial charge in [-0.3, -0.25) is 5.10 Å². The molecule has 2 aromatic carbocycles. The van der Waals surface area contributed by atoms with Crippen LogP contribution in [0, 0.1) is 0 Å². The summed E-state index contributed by atoms with van der Waals surface area (Å²) in [7, 11) is -2.23. The minimum Gasteiger partial charge on any atom is -0.490 e. The van der Waals surface area contributed by atoms with Gasteiger partial charge >= 0.3 is 5.97 Å². The van der Waals surface area contributed by atoms with E-state index in [9.17, 15) is 4.79 Å². The van der Waals surface area contributed by atoms with Gasteiger partial charge in [0.2, 0.25) is 0 Å². The van der Waals surface area contributed by atoms with Crippen molar-refractivity contribution in [1.29, 1.82) is 0 Å². The molecule has 0 unspecified atom stereocenters. The molecule has 206 valence electrons. The Morgan fingerprint density at radius 1 is 0.947 bits per heavy atom. The summed E-state index contributed by atoms with van der Waals surface area (Å²) in [4.78, 5) is 13.0. The quantitative estimate of drug-likeness (QED) is 0.211. The molecule has 0 spiro atoms. The van der Waals surface area contributed by atoms with Crippen molar-refractivity contribution >= 4 is 14.3 Å². The molecule has 1 N–H and O–H groups in total. The number of carbonyl (C=O) groups excluding carboxylic acids is 1. The van der Waals surface area contributed by atoms with Crippen LogP contribution in [0.3, 0.4) is 0 Å². The first-order valence-corrected chi connectivity index (χ1v) is 15.9. The van der Waals surface area contributed by atoms with Gasteiger partial charge in [0.1, 0.15) is 18.0 Å². The van der Waals surface area contributed by atoms with Gasteiger partial charge in [-0.25, -0.2) is 4.79 Å². The van der Waals surface area contributed by atoms with Crippen molar-refractivity contribution in [2.75, 3.05) is 6.61 Å². The molecule has 38 heavy (non-hydrogen) atoms. The number of nitrogens with zero attached hydrogens (tertiary/aromatic N) is 1. The molecule has 0 amide bonds. The molecule has 0 aliphatic carbocycles. The Labute approximate surface area is 228 Å². The third-order valence-electron chi connectivity index (χ3n) is 6.46. The van der Waals surface area contributed by atoms with Crippen LogP contribution in [0.4, 0.5) is 0 Å². The Morgan fingerprint density at radius 2 is 1.61 bits per heavy atom. The monoisotopic (exact) mass is 538 g/mol. The average Bonchev–Trinajstić information content (AvgIpc) is 3.30. The van der Waals surface area contributed by atoms with E-state index < -0.39 is 26.0 Å². The Hall–Kier alpha value is -2.94. The van der Waals surface area contributed by atoms with Gasteiger partial charge in [-0.2, -0.15) is 5.10 Å². The Kier molecular flexibility index (Phi) is 9.57. The van der Waals surface area contributed by atoms with Crippen LogP contribution < -0.4 is 4.74 Å². The van der Waals surface area contributed by atoms with E-state index in [2.05, 4.69) is 44.1 Å². The van der Waals surface area contributed by atoms with Crippen molar-refractivity contribution in [1.82, 2.24) is 10.2 Å². The van der Waals surface area contributed by atoms with Crippen LogP contribution in [-0.2, 0) is 31.9 Å². The zero-order chi connectivity index (χ0) is 28.0. The van der Waals surface area contributed by atoms with E-state index in [4.69, 9.17) is 18.6 Å². The number of aromatic nitrogens is 2. The Balaban J connectivity index is 1.60. The number of rotatable bonds is 11. The lowest BCUT2D eigenvalue weighted by atomic mass is 10.1. The van der Waals surface area contributed by atoms with Gasteiger partial charge in [0.25, 0.3) is 0 Å². The van der Waals surface area contributed by atoms with Gasteiger partial charge in [0.05, 0.1) is 24.6 Å². The average molecular weight is 539 g/mol. The van der Waals surface area contributed by atoms with Gasteiger partial charge in [0.15, 0.2) is 14.4 Å². The molecule has 0 aliphatic heterocycles. The van der Waals surface area contributed by atoms with Crippen molar-refractivity contribution in [3.8, 4) is 17.0 Å². The smallest absolute Gasteiger partial charge is 0.338 e. The molecule has 1 aromatic heterocycles. The second-order valence-electron chi connectivity index (χ2n) is 12.0. The molecular weight excluding hydrogens is 496 g/mol. The van der Waals surface area contributed by atoms with Gasteiger partial charge in [-0.05, 0) is 74.8 Å². The molecule has 0 aliphatic rings. The molecule has 1 heterocycles. The fraction of sp³-hybridized carbons (Fsp3) is 0.467. The largest absolute Gasteiger partial charge is 0.490 e. The maximum absolute atomic E-state index is 13.0. The topological polar surface area (TPSA) is 82.7 Å². The summed E-state index contributed by atoms with van der Waals surface area (Å²) in [6.07, 6.45) is -0.806. The molecule has 0 saturated heterocycles. The predicted octanol–water partition coefficient (Wildman–Crippen LogP) is 6.90. The zero-order valence-corrected chi connectivity index (χ0v) is 25.0. The molecular formula is C30H42N2O5Si. The predicted molar refractivity (Wildman–Crippen MR) is 152 cm³/mol. The highest BCUT2D eigenvalue weighted by Gasteiger charge is 2.42. The lowest BCUT2D eigenvalue weighted by Gasteiger charge is -2.39. The van der Waals surface area contributed by atoms with Gasteiger partial charge in [-0.1, -0.05) is 51.1 Å². The maximum Gasteiger partial charge on any atom is 0.338 e. The molecule has 0 fully saturated rings. The van der Waals surface area contributed by atoms with Gasteiger partial charge < -0.3 is 18.6 Å². The van der Waals surface area contributed by atoms with Crippen LogP contribution in [-0.4, -0.2) is 42.8 Å². The van der Waals surface area contributed by atoms with Gasteiger partial charge in [0, 0.05) is 5.56 Å². The molecule has 3 aromatic rings. The number of esters is 1. The molecule has 7 nitrogen and oxygen atoms in total. The summed E-state index contributed by atoms with van der Waals surface area (Å²) < 4.78 is 23.8. The van der Waals surface area contributed by atoms with E-state index in [1.54, 1.807) is 0 Å². The van der Waals surface area contributed by atoms with Crippen LogP contribution in [0.25, 0.3) is 11.3 Å². The van der Waals surface area contributed by atoms with Gasteiger partial charge in [-0.15, -0.1) is 0 Å². The van der Waals surface area contributed by atoms with E-state index >= 15 is 0 Å². The number of nitrogens with one attached hydrogen (secondary N) is 1. The summed E-state index contributed by atoms with van der Waals surface area (Å²) in [5.41, 5.74) is 3.19. The molecule has 0 radical (unpaired) electrons. The third kappa shape index (κ3) is 8.82. The number of H-pyrrole nitrogens is 1. The van der Waals surface area contributed by atoms with Crippen molar-refractivity contribution in [3.05, 3.63) is 71.9 Å². The molecule has 8 heteroatoms. The summed E-state index contributed by atoms with van der Waals surface area (Å²) in [6, 6.07) is 19.7. The third-order valence-corrected chi connectivity index (χ3v) is 11.0. The van der Waals surface area contributed by atoms with Crippen molar-refractivity contribution in [3.63, 3.8) is 0 Å². The summed E-state index contributed by atoms with van der Waals surface area (Å²) in [5.74, 6) is 0.237. The summed E-state index contributed by atoms with van der Waals surface area (Å²) in [6.45, 7) is 17.3. The minimum absolute atomic E-state index is 0.0517. The van der Waals surface area contributed by atoms with E-state index in [1.807, 2.05) is 81.4 Å². The first-order chi connectivity index (χ1) is 17.7. The van der Waals surface area contributed by atoms with Crippen molar-refractivity contribution < 1.29 is 23.4 Å². The molecule has 0 saturated carbocycles. The number of ether oxygens (including phenoxy) is 3. The van der Waals surface area contributed by atoms with Crippen molar-refractivity contribution in [2.24, 2.45) is 0 Å². The summed E-state index contributed by atoms with van der Waals surface area (Å²) >= 11 is 0. The van der Waals surface area contributed by atoms with E-state index in [0.29, 0.717) is 19.0 Å². The highest BCUT2D eigenvalue weighted by molar-refractivity contribution is 6.74. The number of hydrogen-bond acceptors (Lipinski definition) is 6. The second kappa shape index (κ2) is 12.3. The van der Waals surface area contributed by atoms with Crippen LogP contribution in [0.5, 0.6) is 5.75 Å². The number of aromatic amines is 1. The highest BCUT2D eigenvalue weighted by Crippen LogP contribution is 2.37. The van der Waals surface area contributed by atoms with Crippen molar-refractivity contribution in [2.45, 2.75) is 84.6 Å². The summed E-state index contributed by atoms with van der Waals surface area (Å²) in [5, 5.41) is 7.40. The normalized spacial score (nSPS) is 13.3. The minimum atomic E-state index is -2.23. The Morgan fingerprint density at radius 3 is 2.21 bits per heavy atom. The fourth-order valence-electron chi connectivity index (χ4n) is 3.38. The maximum atomic E-state index is 13.0. The first-order valence-electron chi connectivity index (χ1n) is 13.0.